The van der Waals surface area contributed by atoms with Crippen LogP contribution in [0.1, 0.15) is 38.1 Å². The van der Waals surface area contributed by atoms with Crippen molar-refractivity contribution >= 4 is 0 Å². The van der Waals surface area contributed by atoms with Crippen LogP contribution in [0.25, 0.3) is 0 Å². The molecule has 1 aromatic heterocycles. The fourth-order valence-corrected chi connectivity index (χ4v) is 2.58. The van der Waals surface area contributed by atoms with Crippen LogP contribution in [0.5, 0.6) is 0 Å². The maximum absolute atomic E-state index is 4.52. The number of rotatable bonds is 4. The van der Waals surface area contributed by atoms with Gasteiger partial charge in [0.2, 0.25) is 0 Å². The lowest BCUT2D eigenvalue weighted by molar-refractivity contribution is 0.143. The molecule has 0 aliphatic carbocycles. The zero-order valence-corrected chi connectivity index (χ0v) is 12.2. The highest BCUT2D eigenvalue weighted by molar-refractivity contribution is 5.10. The van der Waals surface area contributed by atoms with Crippen molar-refractivity contribution < 1.29 is 0 Å². The van der Waals surface area contributed by atoms with Crippen LogP contribution >= 0.6 is 0 Å². The van der Waals surface area contributed by atoms with Crippen molar-refractivity contribution in [3.63, 3.8) is 0 Å². The van der Waals surface area contributed by atoms with Gasteiger partial charge in [0.15, 0.2) is 0 Å². The minimum absolute atomic E-state index is 0.331. The molecule has 0 amide bonds. The minimum Gasteiger partial charge on any atom is -0.314 e. The van der Waals surface area contributed by atoms with Crippen LogP contribution in [0.2, 0.25) is 0 Å². The van der Waals surface area contributed by atoms with Gasteiger partial charge in [-0.3, -0.25) is 9.58 Å². The van der Waals surface area contributed by atoms with Crippen molar-refractivity contribution in [3.8, 4) is 0 Å². The normalized spacial score (nSPS) is 20.2. The van der Waals surface area contributed by atoms with E-state index in [1.165, 1.54) is 37.3 Å². The Bertz CT molecular complexity index is 388. The summed E-state index contributed by atoms with van der Waals surface area (Å²) in [6, 6.07) is 2.24. The lowest BCUT2D eigenvalue weighted by atomic mass is 9.90. The van der Waals surface area contributed by atoms with E-state index < -0.39 is 0 Å². The molecule has 2 rings (SSSR count). The van der Waals surface area contributed by atoms with Crippen molar-refractivity contribution in [2.45, 2.75) is 45.2 Å². The summed E-state index contributed by atoms with van der Waals surface area (Å²) in [5.41, 5.74) is 2.86. The van der Waals surface area contributed by atoms with E-state index >= 15 is 0 Å². The Labute approximate surface area is 110 Å². The lowest BCUT2D eigenvalue weighted by Gasteiger charge is -2.39. The highest BCUT2D eigenvalue weighted by Gasteiger charge is 2.28. The average molecular weight is 250 g/mol. The summed E-state index contributed by atoms with van der Waals surface area (Å²) in [5, 5.41) is 7.96. The van der Waals surface area contributed by atoms with Crippen molar-refractivity contribution in [2.24, 2.45) is 7.05 Å². The lowest BCUT2D eigenvalue weighted by Crippen LogP contribution is -2.49. The number of piperidine rings is 1. The highest BCUT2D eigenvalue weighted by Crippen LogP contribution is 2.22. The van der Waals surface area contributed by atoms with Crippen LogP contribution in [0.3, 0.4) is 0 Å². The Morgan fingerprint density at radius 3 is 2.56 bits per heavy atom. The molecule has 1 aromatic rings. The molecule has 0 spiro atoms. The third kappa shape index (κ3) is 2.93. The fourth-order valence-electron chi connectivity index (χ4n) is 2.58. The van der Waals surface area contributed by atoms with E-state index in [1.807, 2.05) is 4.68 Å². The number of likely N-dealkylation sites (tertiary alicyclic amines) is 1. The highest BCUT2D eigenvalue weighted by atomic mass is 15.3. The fraction of sp³-hybridized carbons (Fsp3) is 0.786. The molecule has 2 heterocycles. The molecule has 0 unspecified atom stereocenters. The molecule has 1 N–H and O–H groups in total. The molecule has 0 radical (unpaired) electrons. The Morgan fingerprint density at radius 1 is 1.39 bits per heavy atom. The maximum Gasteiger partial charge on any atom is 0.0625 e. The van der Waals surface area contributed by atoms with E-state index in [2.05, 4.69) is 49.3 Å². The van der Waals surface area contributed by atoms with Crippen molar-refractivity contribution in [1.29, 1.82) is 0 Å². The number of hydrogen-bond donors (Lipinski definition) is 1. The molecule has 1 saturated heterocycles. The zero-order chi connectivity index (χ0) is 13.2. The Kier molecular flexibility index (Phi) is 4.07. The Hall–Kier alpha value is -0.870. The molecule has 1 aliphatic rings. The van der Waals surface area contributed by atoms with Crippen LogP contribution in [0.15, 0.2) is 6.07 Å². The smallest absolute Gasteiger partial charge is 0.0625 e. The van der Waals surface area contributed by atoms with Crippen LogP contribution in [-0.2, 0) is 20.0 Å². The number of aromatic nitrogens is 2. The summed E-state index contributed by atoms with van der Waals surface area (Å²) >= 11 is 0. The number of nitrogens with zero attached hydrogens (tertiary/aromatic N) is 3. The molecule has 4 nitrogen and oxygen atoms in total. The quantitative estimate of drug-likeness (QED) is 0.880. The predicted molar refractivity (Wildman–Crippen MR) is 74.6 cm³/mol. The SMILES string of the molecule is CCc1cc(CN2CCC(C)(NC)CC2)n(C)n1. The van der Waals surface area contributed by atoms with Gasteiger partial charge in [0.25, 0.3) is 0 Å². The van der Waals surface area contributed by atoms with Crippen LogP contribution < -0.4 is 5.32 Å². The van der Waals surface area contributed by atoms with Crippen LogP contribution in [0, 0.1) is 0 Å². The summed E-state index contributed by atoms with van der Waals surface area (Å²) in [6.45, 7) is 7.85. The molecular formula is C14H26N4. The topological polar surface area (TPSA) is 33.1 Å². The summed E-state index contributed by atoms with van der Waals surface area (Å²) in [4.78, 5) is 2.54. The van der Waals surface area contributed by atoms with E-state index in [0.29, 0.717) is 5.54 Å². The molecule has 0 bridgehead atoms. The van der Waals surface area contributed by atoms with Crippen LogP contribution in [0.4, 0.5) is 0 Å². The maximum atomic E-state index is 4.52. The number of nitrogens with one attached hydrogen (secondary N) is 1. The van der Waals surface area contributed by atoms with E-state index in [0.717, 1.165) is 13.0 Å². The van der Waals surface area contributed by atoms with Crippen molar-refractivity contribution in [3.05, 3.63) is 17.5 Å². The molecule has 0 aromatic carbocycles. The van der Waals surface area contributed by atoms with Crippen molar-refractivity contribution in [1.82, 2.24) is 20.0 Å². The van der Waals surface area contributed by atoms with Gasteiger partial charge in [-0.25, -0.2) is 0 Å². The third-order valence-corrected chi connectivity index (χ3v) is 4.34. The van der Waals surface area contributed by atoms with E-state index in [-0.39, 0.29) is 0 Å². The molecule has 0 saturated carbocycles. The molecule has 4 heteroatoms. The first kappa shape index (κ1) is 13.6. The van der Waals surface area contributed by atoms with Gasteiger partial charge in [-0.2, -0.15) is 5.10 Å². The van der Waals surface area contributed by atoms with Gasteiger partial charge in [-0.05, 0) is 39.3 Å². The molecular weight excluding hydrogens is 224 g/mol. The van der Waals surface area contributed by atoms with Crippen LogP contribution in [-0.4, -0.2) is 40.4 Å². The van der Waals surface area contributed by atoms with Gasteiger partial charge >= 0.3 is 0 Å². The van der Waals surface area contributed by atoms with Gasteiger partial charge in [-0.1, -0.05) is 6.92 Å². The third-order valence-electron chi connectivity index (χ3n) is 4.34. The Morgan fingerprint density at radius 2 is 2.06 bits per heavy atom. The first-order valence-corrected chi connectivity index (χ1v) is 6.99. The second kappa shape index (κ2) is 5.41. The monoisotopic (exact) mass is 250 g/mol. The molecule has 1 aliphatic heterocycles. The Balaban J connectivity index is 1.93. The largest absolute Gasteiger partial charge is 0.314 e. The van der Waals surface area contributed by atoms with E-state index in [9.17, 15) is 0 Å². The average Bonchev–Trinajstić information content (AvgIpc) is 2.73. The first-order valence-electron chi connectivity index (χ1n) is 6.99. The van der Waals surface area contributed by atoms with Gasteiger partial charge in [0, 0.05) is 32.2 Å². The summed E-state index contributed by atoms with van der Waals surface area (Å²) in [7, 11) is 4.13. The minimum atomic E-state index is 0.331. The zero-order valence-electron chi connectivity index (χ0n) is 12.2. The van der Waals surface area contributed by atoms with E-state index in [1.54, 1.807) is 0 Å². The second-order valence-corrected chi connectivity index (χ2v) is 5.69. The number of hydrogen-bond acceptors (Lipinski definition) is 3. The first-order chi connectivity index (χ1) is 8.56. The molecule has 1 fully saturated rings. The standard InChI is InChI=1S/C14H26N4/c1-5-12-10-13(17(4)16-12)11-18-8-6-14(2,15-3)7-9-18/h10,15H,5-9,11H2,1-4H3. The second-order valence-electron chi connectivity index (χ2n) is 5.69. The van der Waals surface area contributed by atoms with Gasteiger partial charge < -0.3 is 5.32 Å². The van der Waals surface area contributed by atoms with Gasteiger partial charge in [0.05, 0.1) is 11.4 Å². The summed E-state index contributed by atoms with van der Waals surface area (Å²) < 4.78 is 2.03. The van der Waals surface area contributed by atoms with Gasteiger partial charge in [0.1, 0.15) is 0 Å². The van der Waals surface area contributed by atoms with Crippen molar-refractivity contribution in [2.75, 3.05) is 20.1 Å². The molecule has 102 valence electrons. The summed E-state index contributed by atoms with van der Waals surface area (Å²) in [6.07, 6.45) is 3.47. The number of aryl methyl sites for hydroxylation is 2. The summed E-state index contributed by atoms with van der Waals surface area (Å²) in [5.74, 6) is 0. The molecule has 0 atom stereocenters. The van der Waals surface area contributed by atoms with Gasteiger partial charge in [-0.15, -0.1) is 0 Å². The molecule has 18 heavy (non-hydrogen) atoms. The van der Waals surface area contributed by atoms with E-state index in [4.69, 9.17) is 0 Å². The predicted octanol–water partition coefficient (Wildman–Crippen LogP) is 1.56.